The molecule has 0 aromatic heterocycles. The Balaban J connectivity index is 1.15. The molecule has 1 heterocycles. The lowest BCUT2D eigenvalue weighted by Gasteiger charge is -2.41. The molecule has 0 radical (unpaired) electrons. The van der Waals surface area contributed by atoms with Crippen LogP contribution in [0.1, 0.15) is 63.9 Å². The average molecular weight is 633 g/mol. The highest BCUT2D eigenvalue weighted by Crippen LogP contribution is 2.43. The Hall–Kier alpha value is -2.66. The summed E-state index contributed by atoms with van der Waals surface area (Å²) in [7, 11) is 0. The van der Waals surface area contributed by atoms with Crippen molar-refractivity contribution in [1.82, 2.24) is 0 Å². The van der Waals surface area contributed by atoms with Crippen molar-refractivity contribution in [3.05, 3.63) is 59.4 Å². The molecule has 11 heteroatoms. The van der Waals surface area contributed by atoms with Crippen molar-refractivity contribution in [1.29, 1.82) is 0 Å². The first-order valence-electron chi connectivity index (χ1n) is 15.1. The van der Waals surface area contributed by atoms with Gasteiger partial charge in [0.05, 0.1) is 19.1 Å². The van der Waals surface area contributed by atoms with Crippen LogP contribution in [0.25, 0.3) is 17.2 Å². The van der Waals surface area contributed by atoms with Gasteiger partial charge in [0.15, 0.2) is 6.29 Å². The predicted octanol–water partition coefficient (Wildman–Crippen LogP) is 9.94. The van der Waals surface area contributed by atoms with Crippen LogP contribution in [0.3, 0.4) is 0 Å². The molecule has 0 atom stereocenters. The first kappa shape index (κ1) is 32.7. The molecule has 2 aromatic rings. The first-order valence-corrected chi connectivity index (χ1v) is 15.1. The molecule has 0 spiro atoms. The number of allylic oxidation sites excluding steroid dienone is 1. The number of rotatable bonds is 7. The van der Waals surface area contributed by atoms with E-state index in [4.69, 9.17) is 14.2 Å². The second kappa shape index (κ2) is 13.4. The molecule has 0 unspecified atom stereocenters. The highest BCUT2D eigenvalue weighted by atomic mass is 19.4. The summed E-state index contributed by atoms with van der Waals surface area (Å²) >= 11 is 0. The highest BCUT2D eigenvalue weighted by Gasteiger charge is 2.46. The van der Waals surface area contributed by atoms with Gasteiger partial charge in [-0.3, -0.25) is 0 Å². The standard InChI is InChI=1S/C33H36F8O3/c1-19-2-4-20(5-3-19)23-17-42-31(43-18-23)21-6-8-24(9-7-21)33(40,41)44-25-10-11-26(30(36)16-25)22-14-28(34)27(29(35)15-22)12-13-32(37,38)39/h10-16,19-21,23-24,31H,2-9,17-18H2,1H3/b13-12+. The summed E-state index contributed by atoms with van der Waals surface area (Å²) in [6.07, 6.45) is -2.77. The molecule has 1 aliphatic heterocycles. The second-order valence-corrected chi connectivity index (χ2v) is 12.5. The molecular formula is C33H36F8O3. The number of halogens is 8. The summed E-state index contributed by atoms with van der Waals surface area (Å²) in [6.45, 7) is 3.54. The van der Waals surface area contributed by atoms with Crippen LogP contribution in [0, 0.1) is 47.0 Å². The van der Waals surface area contributed by atoms with Gasteiger partial charge in [-0.1, -0.05) is 19.8 Å². The van der Waals surface area contributed by atoms with Crippen molar-refractivity contribution in [2.45, 2.75) is 76.9 Å². The van der Waals surface area contributed by atoms with Gasteiger partial charge in [0.2, 0.25) is 0 Å². The predicted molar refractivity (Wildman–Crippen MR) is 148 cm³/mol. The molecule has 3 aliphatic rings. The zero-order valence-corrected chi connectivity index (χ0v) is 24.3. The van der Waals surface area contributed by atoms with E-state index in [0.717, 1.165) is 18.1 Å². The fourth-order valence-corrected chi connectivity index (χ4v) is 6.67. The van der Waals surface area contributed by atoms with Gasteiger partial charge in [-0.2, -0.15) is 22.0 Å². The topological polar surface area (TPSA) is 27.7 Å². The lowest BCUT2D eigenvalue weighted by molar-refractivity contribution is -0.251. The maximum atomic E-state index is 15.1. The van der Waals surface area contributed by atoms with Gasteiger partial charge in [0, 0.05) is 35.1 Å². The second-order valence-electron chi connectivity index (χ2n) is 12.5. The van der Waals surface area contributed by atoms with Crippen LogP contribution >= 0.6 is 0 Å². The van der Waals surface area contributed by atoms with E-state index in [1.54, 1.807) is 0 Å². The van der Waals surface area contributed by atoms with Crippen molar-refractivity contribution in [3.63, 3.8) is 0 Å². The van der Waals surface area contributed by atoms with Crippen LogP contribution in [0.5, 0.6) is 5.75 Å². The summed E-state index contributed by atoms with van der Waals surface area (Å²) in [6, 6.07) is 4.10. The first-order chi connectivity index (χ1) is 20.8. The molecule has 1 saturated heterocycles. The Bertz CT molecular complexity index is 1280. The van der Waals surface area contributed by atoms with Crippen LogP contribution < -0.4 is 4.74 Å². The molecule has 0 bridgehead atoms. The van der Waals surface area contributed by atoms with E-state index >= 15 is 8.78 Å². The Labute approximate surface area is 251 Å². The van der Waals surface area contributed by atoms with E-state index in [0.29, 0.717) is 56.1 Å². The van der Waals surface area contributed by atoms with Crippen LogP contribution in [0.4, 0.5) is 35.1 Å². The van der Waals surface area contributed by atoms with E-state index < -0.39 is 53.3 Å². The van der Waals surface area contributed by atoms with Gasteiger partial charge in [-0.25, -0.2) is 13.2 Å². The van der Waals surface area contributed by atoms with Crippen molar-refractivity contribution in [2.75, 3.05) is 13.2 Å². The molecular weight excluding hydrogens is 596 g/mol. The third-order valence-electron chi connectivity index (χ3n) is 9.33. The minimum atomic E-state index is -4.78. The van der Waals surface area contributed by atoms with Gasteiger partial charge < -0.3 is 14.2 Å². The molecule has 2 aliphatic carbocycles. The summed E-state index contributed by atoms with van der Waals surface area (Å²) in [5.74, 6) is -3.60. The molecule has 2 aromatic carbocycles. The normalized spacial score (nSPS) is 28.8. The van der Waals surface area contributed by atoms with E-state index in [1.165, 1.54) is 25.7 Å². The van der Waals surface area contributed by atoms with Crippen molar-refractivity contribution in [3.8, 4) is 16.9 Å². The minimum Gasteiger partial charge on any atom is -0.432 e. The van der Waals surface area contributed by atoms with Gasteiger partial charge in [0.1, 0.15) is 23.2 Å². The van der Waals surface area contributed by atoms with E-state index in [1.807, 2.05) is 0 Å². The van der Waals surface area contributed by atoms with Crippen molar-refractivity contribution >= 4 is 6.08 Å². The van der Waals surface area contributed by atoms with E-state index in [-0.39, 0.29) is 42.0 Å². The van der Waals surface area contributed by atoms with Crippen molar-refractivity contribution in [2.24, 2.45) is 29.6 Å². The Morgan fingerprint density at radius 2 is 1.32 bits per heavy atom. The fourth-order valence-electron chi connectivity index (χ4n) is 6.67. The largest absolute Gasteiger partial charge is 0.432 e. The van der Waals surface area contributed by atoms with Crippen molar-refractivity contribution < 1.29 is 49.3 Å². The molecule has 0 N–H and O–H groups in total. The number of hydrogen-bond donors (Lipinski definition) is 0. The number of hydrogen-bond acceptors (Lipinski definition) is 3. The minimum absolute atomic E-state index is 0.00207. The smallest absolute Gasteiger partial charge is 0.409 e. The van der Waals surface area contributed by atoms with Crippen LogP contribution in [-0.2, 0) is 9.47 Å². The summed E-state index contributed by atoms with van der Waals surface area (Å²) in [5, 5.41) is 0. The summed E-state index contributed by atoms with van der Waals surface area (Å²) in [4.78, 5) is 0. The quantitative estimate of drug-likeness (QED) is 0.285. The maximum Gasteiger partial charge on any atom is 0.409 e. The van der Waals surface area contributed by atoms with E-state index in [9.17, 15) is 26.3 Å². The molecule has 3 nitrogen and oxygen atoms in total. The zero-order chi connectivity index (χ0) is 31.6. The lowest BCUT2D eigenvalue weighted by atomic mass is 9.76. The van der Waals surface area contributed by atoms with Crippen LogP contribution in [0.15, 0.2) is 36.4 Å². The maximum absolute atomic E-state index is 15.1. The third kappa shape index (κ3) is 7.94. The molecule has 0 amide bonds. The van der Waals surface area contributed by atoms with Gasteiger partial charge in [-0.05, 0) is 86.3 Å². The third-order valence-corrected chi connectivity index (χ3v) is 9.33. The summed E-state index contributed by atoms with van der Waals surface area (Å²) < 4.78 is 128. The molecule has 44 heavy (non-hydrogen) atoms. The monoisotopic (exact) mass is 632 g/mol. The number of ether oxygens (including phenoxy) is 3. The van der Waals surface area contributed by atoms with E-state index in [2.05, 4.69) is 6.92 Å². The van der Waals surface area contributed by atoms with Gasteiger partial charge >= 0.3 is 12.3 Å². The summed E-state index contributed by atoms with van der Waals surface area (Å²) in [5.41, 5.74) is -1.59. The number of alkyl halides is 5. The average Bonchev–Trinajstić information content (AvgIpc) is 2.96. The molecule has 3 fully saturated rings. The Morgan fingerprint density at radius 3 is 1.89 bits per heavy atom. The Morgan fingerprint density at radius 1 is 0.727 bits per heavy atom. The zero-order valence-electron chi connectivity index (χ0n) is 24.3. The highest BCUT2D eigenvalue weighted by molar-refractivity contribution is 5.68. The lowest BCUT2D eigenvalue weighted by Crippen LogP contribution is -2.43. The number of benzene rings is 2. The van der Waals surface area contributed by atoms with Crippen LogP contribution in [-0.4, -0.2) is 31.8 Å². The Kier molecular flexibility index (Phi) is 9.94. The fraction of sp³-hybridized carbons (Fsp3) is 0.576. The van der Waals surface area contributed by atoms with Gasteiger partial charge in [0.25, 0.3) is 0 Å². The van der Waals surface area contributed by atoms with Crippen LogP contribution in [0.2, 0.25) is 0 Å². The molecule has 242 valence electrons. The SMILES string of the molecule is CC1CCC(C2COC(C3CCC(C(F)(F)Oc4ccc(-c5cc(F)c(/C=C/C(F)(F)F)c(F)c5)c(F)c4)CC3)OC2)CC1. The van der Waals surface area contributed by atoms with Gasteiger partial charge in [-0.15, -0.1) is 0 Å². The molecule has 5 rings (SSSR count). The molecule has 2 saturated carbocycles.